The number of hydrogen-bond donors (Lipinski definition) is 0. The van der Waals surface area contributed by atoms with Gasteiger partial charge in [-0.2, -0.15) is 5.26 Å². The van der Waals surface area contributed by atoms with E-state index in [0.717, 1.165) is 33.5 Å². The monoisotopic (exact) mass is 486 g/mol. The van der Waals surface area contributed by atoms with Gasteiger partial charge in [0.15, 0.2) is 0 Å². The molecule has 0 N–H and O–H groups in total. The second kappa shape index (κ2) is 9.07. The van der Waals surface area contributed by atoms with Crippen LogP contribution in [0.15, 0.2) is 84.9 Å². The number of nitriles is 1. The van der Waals surface area contributed by atoms with Gasteiger partial charge >= 0.3 is 0 Å². The van der Waals surface area contributed by atoms with Gasteiger partial charge in [-0.15, -0.1) is 11.8 Å². The summed E-state index contributed by atoms with van der Waals surface area (Å²) >= 11 is 1.54. The first-order valence-corrected chi connectivity index (χ1v) is 13.0. The maximum absolute atomic E-state index is 10.2. The lowest BCUT2D eigenvalue weighted by Crippen LogP contribution is -2.01. The van der Waals surface area contributed by atoms with E-state index in [1.165, 1.54) is 26.9 Å². The van der Waals surface area contributed by atoms with Crippen LogP contribution in [0.4, 0.5) is 0 Å². The van der Waals surface area contributed by atoms with E-state index in [-0.39, 0.29) is 0 Å². The first-order valence-electron chi connectivity index (χ1n) is 11.6. The molecule has 0 unspecified atom stereocenters. The molecule has 0 amide bonds. The van der Waals surface area contributed by atoms with Crippen LogP contribution in [-0.4, -0.2) is 24.3 Å². The SMILES string of the molecule is COc1cccc(-c2cc(-c3ccc4ccc5cccc6ccc3c4c56)c(C#N)c(OCSC)n2)c1. The van der Waals surface area contributed by atoms with Crippen LogP contribution in [0.2, 0.25) is 0 Å². The highest BCUT2D eigenvalue weighted by Gasteiger charge is 2.20. The van der Waals surface area contributed by atoms with Gasteiger partial charge in [-0.1, -0.05) is 66.7 Å². The van der Waals surface area contributed by atoms with Gasteiger partial charge in [-0.25, -0.2) is 4.98 Å². The van der Waals surface area contributed by atoms with Gasteiger partial charge in [0.05, 0.1) is 12.8 Å². The van der Waals surface area contributed by atoms with Crippen LogP contribution in [0.25, 0.3) is 54.7 Å². The van der Waals surface area contributed by atoms with Crippen molar-refractivity contribution in [2.75, 3.05) is 19.3 Å². The molecule has 1 heterocycles. The van der Waals surface area contributed by atoms with Gasteiger partial charge in [0.2, 0.25) is 5.88 Å². The maximum Gasteiger partial charge on any atom is 0.233 e. The zero-order valence-electron chi connectivity index (χ0n) is 19.9. The summed E-state index contributed by atoms with van der Waals surface area (Å²) in [6.45, 7) is 0. The van der Waals surface area contributed by atoms with Crippen molar-refractivity contribution in [1.29, 1.82) is 5.26 Å². The second-order valence-corrected chi connectivity index (χ2v) is 9.41. The van der Waals surface area contributed by atoms with Gasteiger partial charge in [-0.3, -0.25) is 0 Å². The molecule has 0 fully saturated rings. The molecule has 0 saturated heterocycles. The summed E-state index contributed by atoms with van der Waals surface area (Å²) in [4.78, 5) is 4.76. The molecule has 0 spiro atoms. The van der Waals surface area contributed by atoms with Crippen LogP contribution in [0, 0.1) is 11.3 Å². The molecule has 0 aliphatic heterocycles. The van der Waals surface area contributed by atoms with Gasteiger partial charge < -0.3 is 9.47 Å². The first kappa shape index (κ1) is 22.2. The van der Waals surface area contributed by atoms with Gasteiger partial charge in [-0.05, 0) is 62.3 Å². The number of thioether (sulfide) groups is 1. The molecule has 0 aliphatic carbocycles. The minimum atomic E-state index is 0.341. The summed E-state index contributed by atoms with van der Waals surface area (Å²) in [6.07, 6.45) is 1.96. The van der Waals surface area contributed by atoms with Crippen LogP contribution < -0.4 is 9.47 Å². The molecule has 6 aromatic rings. The Labute approximate surface area is 213 Å². The summed E-state index contributed by atoms with van der Waals surface area (Å²) in [6, 6.07) is 31.4. The third-order valence-electron chi connectivity index (χ3n) is 6.60. The summed E-state index contributed by atoms with van der Waals surface area (Å²) < 4.78 is 11.4. The topological polar surface area (TPSA) is 55.1 Å². The molecule has 1 aromatic heterocycles. The maximum atomic E-state index is 10.2. The molecule has 0 radical (unpaired) electrons. The molecule has 0 atom stereocenters. The highest BCUT2D eigenvalue weighted by molar-refractivity contribution is 7.98. The van der Waals surface area contributed by atoms with E-state index in [2.05, 4.69) is 60.7 Å². The van der Waals surface area contributed by atoms with E-state index >= 15 is 0 Å². The number of rotatable bonds is 6. The molecule has 174 valence electrons. The van der Waals surface area contributed by atoms with Gasteiger partial charge in [0.1, 0.15) is 23.3 Å². The molecule has 6 rings (SSSR count). The lowest BCUT2D eigenvalue weighted by atomic mass is 9.88. The quantitative estimate of drug-likeness (QED) is 0.177. The number of nitrogens with zero attached hydrogens (tertiary/aromatic N) is 2. The molecule has 4 nitrogen and oxygen atoms in total. The van der Waals surface area contributed by atoms with Crippen molar-refractivity contribution in [1.82, 2.24) is 4.98 Å². The molecule has 36 heavy (non-hydrogen) atoms. The molecule has 0 bridgehead atoms. The van der Waals surface area contributed by atoms with E-state index in [4.69, 9.17) is 14.5 Å². The molecule has 0 aliphatic rings. The van der Waals surface area contributed by atoms with Crippen molar-refractivity contribution in [3.05, 3.63) is 90.5 Å². The van der Waals surface area contributed by atoms with Crippen molar-refractivity contribution in [3.63, 3.8) is 0 Å². The average molecular weight is 487 g/mol. The largest absolute Gasteiger partial charge is 0.497 e. The average Bonchev–Trinajstić information content (AvgIpc) is 2.94. The lowest BCUT2D eigenvalue weighted by Gasteiger charge is -2.17. The van der Waals surface area contributed by atoms with Crippen LogP contribution in [0.3, 0.4) is 0 Å². The van der Waals surface area contributed by atoms with Crippen molar-refractivity contribution in [2.24, 2.45) is 0 Å². The van der Waals surface area contributed by atoms with E-state index in [0.29, 0.717) is 17.4 Å². The Kier molecular flexibility index (Phi) is 5.59. The Hall–Kier alpha value is -4.27. The summed E-state index contributed by atoms with van der Waals surface area (Å²) in [5.74, 6) is 1.49. The third-order valence-corrected chi connectivity index (χ3v) is 6.95. The van der Waals surface area contributed by atoms with Crippen molar-refractivity contribution >= 4 is 44.1 Å². The van der Waals surface area contributed by atoms with E-state index in [1.807, 2.05) is 36.6 Å². The van der Waals surface area contributed by atoms with Crippen molar-refractivity contribution in [3.8, 4) is 40.1 Å². The Balaban J connectivity index is 1.67. The van der Waals surface area contributed by atoms with Gasteiger partial charge in [0, 0.05) is 11.1 Å². The fraction of sp³-hybridized carbons (Fsp3) is 0.0968. The Morgan fingerprint density at radius 3 is 2.31 bits per heavy atom. The van der Waals surface area contributed by atoms with Crippen molar-refractivity contribution in [2.45, 2.75) is 0 Å². The van der Waals surface area contributed by atoms with E-state index in [1.54, 1.807) is 18.9 Å². The molecular formula is C31H22N2O2S. The second-order valence-electron chi connectivity index (χ2n) is 8.60. The minimum Gasteiger partial charge on any atom is -0.497 e. The fourth-order valence-corrected chi connectivity index (χ4v) is 5.19. The Morgan fingerprint density at radius 1 is 0.833 bits per heavy atom. The fourth-order valence-electron chi connectivity index (χ4n) is 4.96. The number of pyridine rings is 1. The predicted octanol–water partition coefficient (Wildman–Crippen LogP) is 7.89. The van der Waals surface area contributed by atoms with Crippen molar-refractivity contribution < 1.29 is 9.47 Å². The molecule has 5 heteroatoms. The summed E-state index contributed by atoms with van der Waals surface area (Å²) in [7, 11) is 1.65. The smallest absolute Gasteiger partial charge is 0.233 e. The number of methoxy groups -OCH3 is 1. The lowest BCUT2D eigenvalue weighted by molar-refractivity contribution is 0.377. The zero-order valence-corrected chi connectivity index (χ0v) is 20.7. The number of ether oxygens (including phenoxy) is 2. The first-order chi connectivity index (χ1) is 17.7. The van der Waals surface area contributed by atoms with Crippen LogP contribution in [0.5, 0.6) is 11.6 Å². The molecule has 0 saturated carbocycles. The molecular weight excluding hydrogens is 464 g/mol. The minimum absolute atomic E-state index is 0.341. The summed E-state index contributed by atoms with van der Waals surface area (Å²) in [5, 5.41) is 17.4. The number of hydrogen-bond acceptors (Lipinski definition) is 5. The third kappa shape index (κ3) is 3.59. The predicted molar refractivity (Wildman–Crippen MR) is 149 cm³/mol. The van der Waals surface area contributed by atoms with E-state index in [9.17, 15) is 5.26 Å². The van der Waals surface area contributed by atoms with E-state index < -0.39 is 0 Å². The Bertz CT molecular complexity index is 1770. The molecule has 5 aromatic carbocycles. The van der Waals surface area contributed by atoms with Crippen LogP contribution in [-0.2, 0) is 0 Å². The highest BCUT2D eigenvalue weighted by atomic mass is 32.2. The summed E-state index contributed by atoms with van der Waals surface area (Å²) in [5.41, 5.74) is 3.85. The van der Waals surface area contributed by atoms with Crippen LogP contribution in [0.1, 0.15) is 5.56 Å². The number of aromatic nitrogens is 1. The van der Waals surface area contributed by atoms with Crippen LogP contribution >= 0.6 is 11.8 Å². The standard InChI is InChI=1S/C31H22N2O2S/c1-34-23-8-4-7-22(15-23)28-16-26(27(17-32)31(33-28)35-18-36-2)24-13-11-21-10-9-19-5-3-6-20-12-14-25(24)30(21)29(19)20/h3-16H,18H2,1-2H3. The Morgan fingerprint density at radius 2 is 1.56 bits per heavy atom. The highest BCUT2D eigenvalue weighted by Crippen LogP contribution is 2.42. The number of benzene rings is 5. The normalized spacial score (nSPS) is 11.2. The van der Waals surface area contributed by atoms with Gasteiger partial charge in [0.25, 0.3) is 0 Å². The zero-order chi connectivity index (χ0) is 24.6.